The summed E-state index contributed by atoms with van der Waals surface area (Å²) in [6.45, 7) is 5.88. The van der Waals surface area contributed by atoms with E-state index in [-0.39, 0.29) is 24.7 Å². The highest BCUT2D eigenvalue weighted by Gasteiger charge is 2.33. The molecule has 0 bridgehead atoms. The normalized spacial score (nSPS) is 15.0. The van der Waals surface area contributed by atoms with E-state index in [0.717, 1.165) is 27.7 Å². The number of hydrogen-bond acceptors (Lipinski definition) is 8. The van der Waals surface area contributed by atoms with Crippen LogP contribution in [0.3, 0.4) is 0 Å². The van der Waals surface area contributed by atoms with Gasteiger partial charge in [-0.15, -0.1) is 0 Å². The minimum Gasteiger partial charge on any atom is -0.465 e. The number of carbonyl (C=O) groups excluding carboxylic acids is 2. The molecular weight excluding hydrogens is 540 g/mol. The average molecular weight is 573 g/mol. The van der Waals surface area contributed by atoms with Crippen LogP contribution in [0.5, 0.6) is 0 Å². The lowest BCUT2D eigenvalue weighted by molar-refractivity contribution is -0.143. The molecule has 1 atom stereocenters. The number of para-hydroxylation sites is 1. The van der Waals surface area contributed by atoms with Crippen molar-refractivity contribution in [1.82, 2.24) is 9.13 Å². The van der Waals surface area contributed by atoms with Gasteiger partial charge in [-0.3, -0.25) is 14.2 Å². The van der Waals surface area contributed by atoms with Crippen molar-refractivity contribution in [3.05, 3.63) is 96.8 Å². The van der Waals surface area contributed by atoms with Crippen LogP contribution in [0.25, 0.3) is 17.0 Å². The molecule has 0 aliphatic carbocycles. The summed E-state index contributed by atoms with van der Waals surface area (Å²) in [5.41, 5.74) is 4.04. The SMILES string of the molecule is CCOC(=O)Cn1cc(/C=c2\sc3n(c2=O)[C@H](c2ccc(N(C)C)cc2)C(C(=O)OCC)=C(C)N=3)c2ccccc21. The summed E-state index contributed by atoms with van der Waals surface area (Å²) >= 11 is 1.27. The summed E-state index contributed by atoms with van der Waals surface area (Å²) in [5, 5.41) is 0.904. The number of fused-ring (bicyclic) bond motifs is 2. The minimum atomic E-state index is -0.686. The van der Waals surface area contributed by atoms with E-state index in [1.54, 1.807) is 25.3 Å². The largest absolute Gasteiger partial charge is 0.465 e. The lowest BCUT2D eigenvalue weighted by Crippen LogP contribution is -2.39. The summed E-state index contributed by atoms with van der Waals surface area (Å²) in [6, 6.07) is 14.8. The van der Waals surface area contributed by atoms with Gasteiger partial charge in [0, 0.05) is 42.4 Å². The van der Waals surface area contributed by atoms with Crippen molar-refractivity contribution >= 4 is 45.9 Å². The summed E-state index contributed by atoms with van der Waals surface area (Å²) in [4.78, 5) is 46.6. The first-order chi connectivity index (χ1) is 19.7. The Kier molecular flexibility index (Phi) is 7.94. The molecule has 4 aromatic rings. The fourth-order valence-corrected chi connectivity index (χ4v) is 6.11. The number of aromatic nitrogens is 2. The molecule has 2 aromatic heterocycles. The average Bonchev–Trinajstić information content (AvgIpc) is 3.44. The summed E-state index contributed by atoms with van der Waals surface area (Å²) in [6.07, 6.45) is 3.68. The first kappa shape index (κ1) is 28.1. The number of nitrogens with zero attached hydrogens (tertiary/aromatic N) is 4. The first-order valence-corrected chi connectivity index (χ1v) is 14.3. The van der Waals surface area contributed by atoms with Crippen LogP contribution in [0.2, 0.25) is 0 Å². The maximum Gasteiger partial charge on any atom is 0.338 e. The molecular formula is C31H32N4O5S. The Balaban J connectivity index is 1.68. The number of anilines is 1. The van der Waals surface area contributed by atoms with E-state index in [4.69, 9.17) is 9.47 Å². The molecule has 5 rings (SSSR count). The number of allylic oxidation sites excluding steroid dienone is 1. The van der Waals surface area contributed by atoms with Gasteiger partial charge in [0.05, 0.1) is 35.1 Å². The van der Waals surface area contributed by atoms with Gasteiger partial charge < -0.3 is 18.9 Å². The van der Waals surface area contributed by atoms with Gasteiger partial charge >= 0.3 is 11.9 Å². The minimum absolute atomic E-state index is 0.0640. The van der Waals surface area contributed by atoms with Gasteiger partial charge in [-0.25, -0.2) is 9.79 Å². The molecule has 0 unspecified atom stereocenters. The Morgan fingerprint density at radius 1 is 1.05 bits per heavy atom. The molecule has 0 N–H and O–H groups in total. The number of benzene rings is 2. The molecule has 0 radical (unpaired) electrons. The molecule has 9 nitrogen and oxygen atoms in total. The van der Waals surface area contributed by atoms with E-state index in [2.05, 4.69) is 4.99 Å². The quantitative estimate of drug-likeness (QED) is 0.301. The van der Waals surface area contributed by atoms with E-state index >= 15 is 0 Å². The lowest BCUT2D eigenvalue weighted by atomic mass is 9.95. The van der Waals surface area contributed by atoms with E-state index in [0.29, 0.717) is 27.2 Å². The molecule has 0 saturated heterocycles. The third kappa shape index (κ3) is 5.35. The third-order valence-electron chi connectivity index (χ3n) is 6.95. The third-order valence-corrected chi connectivity index (χ3v) is 7.94. The second-order valence-corrected chi connectivity index (χ2v) is 10.8. The number of carbonyl (C=O) groups is 2. The molecule has 1 aliphatic heterocycles. The van der Waals surface area contributed by atoms with Gasteiger partial charge in [-0.1, -0.05) is 41.7 Å². The predicted octanol–water partition coefficient (Wildman–Crippen LogP) is 3.38. The molecule has 3 heterocycles. The molecule has 0 saturated carbocycles. The van der Waals surface area contributed by atoms with Crippen LogP contribution in [0.4, 0.5) is 5.69 Å². The number of thiazole rings is 1. The van der Waals surface area contributed by atoms with Gasteiger partial charge in [0.15, 0.2) is 4.80 Å². The van der Waals surface area contributed by atoms with E-state index in [1.807, 2.05) is 84.4 Å². The molecule has 0 amide bonds. The summed E-state index contributed by atoms with van der Waals surface area (Å²) in [5.74, 6) is -0.826. The van der Waals surface area contributed by atoms with Crippen molar-refractivity contribution < 1.29 is 19.1 Å². The predicted molar refractivity (Wildman–Crippen MR) is 160 cm³/mol. The molecule has 2 aromatic carbocycles. The van der Waals surface area contributed by atoms with Crippen molar-refractivity contribution in [2.75, 3.05) is 32.2 Å². The molecule has 41 heavy (non-hydrogen) atoms. The molecule has 10 heteroatoms. The molecule has 1 aliphatic rings. The molecule has 0 spiro atoms. The van der Waals surface area contributed by atoms with Crippen LogP contribution in [0.1, 0.15) is 37.9 Å². The number of rotatable bonds is 8. The van der Waals surface area contributed by atoms with Crippen LogP contribution < -0.4 is 19.8 Å². The van der Waals surface area contributed by atoms with Gasteiger partial charge in [0.2, 0.25) is 0 Å². The Bertz CT molecular complexity index is 1840. The van der Waals surface area contributed by atoms with Crippen LogP contribution in [-0.4, -0.2) is 48.4 Å². The Morgan fingerprint density at radius 3 is 2.44 bits per heavy atom. The van der Waals surface area contributed by atoms with E-state index in [1.165, 1.54) is 11.3 Å². The fraction of sp³-hybridized carbons (Fsp3) is 0.290. The van der Waals surface area contributed by atoms with Gasteiger partial charge in [-0.05, 0) is 50.6 Å². The monoisotopic (exact) mass is 572 g/mol. The summed E-state index contributed by atoms with van der Waals surface area (Å²) < 4.78 is 14.4. The van der Waals surface area contributed by atoms with Crippen LogP contribution in [0, 0.1) is 0 Å². The highest BCUT2D eigenvalue weighted by molar-refractivity contribution is 7.07. The highest BCUT2D eigenvalue weighted by atomic mass is 32.1. The fourth-order valence-electron chi connectivity index (χ4n) is 5.07. The van der Waals surface area contributed by atoms with Crippen molar-refractivity contribution in [3.63, 3.8) is 0 Å². The van der Waals surface area contributed by atoms with Gasteiger partial charge in [0.1, 0.15) is 6.54 Å². The number of ether oxygens (including phenoxy) is 2. The smallest absolute Gasteiger partial charge is 0.338 e. The molecule has 0 fully saturated rings. The highest BCUT2D eigenvalue weighted by Crippen LogP contribution is 2.31. The maximum atomic E-state index is 14.0. The van der Waals surface area contributed by atoms with Crippen LogP contribution >= 0.6 is 11.3 Å². The standard InChI is InChI=1S/C31H32N4O5S/c1-6-39-26(36)18-34-17-21(23-10-8-9-11-24(23)34)16-25-29(37)35-28(20-12-14-22(15-13-20)33(4)5)27(30(38)40-7-2)19(3)32-31(35)41-25/h8-17,28H,6-7,18H2,1-5H3/b25-16-/t28-/m1/s1. The first-order valence-electron chi connectivity index (χ1n) is 13.4. The maximum absolute atomic E-state index is 14.0. The number of esters is 2. The van der Waals surface area contributed by atoms with E-state index < -0.39 is 12.0 Å². The molecule has 212 valence electrons. The Hall–Kier alpha value is -4.44. The second-order valence-electron chi connectivity index (χ2n) is 9.82. The van der Waals surface area contributed by atoms with E-state index in [9.17, 15) is 14.4 Å². The lowest BCUT2D eigenvalue weighted by Gasteiger charge is -2.25. The van der Waals surface area contributed by atoms with Crippen LogP contribution in [0.15, 0.2) is 75.8 Å². The van der Waals surface area contributed by atoms with Crippen molar-refractivity contribution in [3.8, 4) is 0 Å². The van der Waals surface area contributed by atoms with Gasteiger partial charge in [0.25, 0.3) is 5.56 Å². The Morgan fingerprint density at radius 2 is 1.76 bits per heavy atom. The van der Waals surface area contributed by atoms with Gasteiger partial charge in [-0.2, -0.15) is 0 Å². The second kappa shape index (κ2) is 11.6. The zero-order chi connectivity index (χ0) is 29.3. The zero-order valence-corrected chi connectivity index (χ0v) is 24.5. The zero-order valence-electron chi connectivity index (χ0n) is 23.7. The number of hydrogen-bond donors (Lipinski definition) is 0. The van der Waals surface area contributed by atoms with Crippen molar-refractivity contribution in [2.45, 2.75) is 33.4 Å². The van der Waals surface area contributed by atoms with Crippen LogP contribution in [-0.2, 0) is 25.6 Å². The Labute approximate surface area is 241 Å². The van der Waals surface area contributed by atoms with Crippen molar-refractivity contribution in [1.29, 1.82) is 0 Å². The van der Waals surface area contributed by atoms with Crippen molar-refractivity contribution in [2.24, 2.45) is 4.99 Å². The topological polar surface area (TPSA) is 95.1 Å². The summed E-state index contributed by atoms with van der Waals surface area (Å²) in [7, 11) is 3.91.